The third-order valence-corrected chi connectivity index (χ3v) is 3.59. The number of ether oxygens (including phenoxy) is 1. The van der Waals surface area contributed by atoms with Gasteiger partial charge in [-0.25, -0.2) is 4.79 Å². The Morgan fingerprint density at radius 1 is 0.955 bits per heavy atom. The Bertz CT molecular complexity index is 647. The lowest BCUT2D eigenvalue weighted by Gasteiger charge is -2.06. The maximum absolute atomic E-state index is 11.5. The molecular weight excluding hydrogens is 276 g/mol. The van der Waals surface area contributed by atoms with E-state index >= 15 is 0 Å². The Balaban J connectivity index is 2.00. The van der Waals surface area contributed by atoms with Crippen LogP contribution in [0.15, 0.2) is 48.5 Å². The van der Waals surface area contributed by atoms with Gasteiger partial charge in [-0.05, 0) is 48.1 Å². The minimum absolute atomic E-state index is 0.308. The second-order valence-electron chi connectivity index (χ2n) is 5.22. The van der Waals surface area contributed by atoms with E-state index in [1.807, 2.05) is 30.3 Å². The van der Waals surface area contributed by atoms with E-state index in [2.05, 4.69) is 12.1 Å². The van der Waals surface area contributed by atoms with Crippen molar-refractivity contribution in [3.05, 3.63) is 70.8 Å². The predicted octanol–water partition coefficient (Wildman–Crippen LogP) is 3.39. The maximum Gasteiger partial charge on any atom is 0.337 e. The van der Waals surface area contributed by atoms with Gasteiger partial charge in [0.05, 0.1) is 12.7 Å². The smallest absolute Gasteiger partial charge is 0.337 e. The van der Waals surface area contributed by atoms with E-state index in [9.17, 15) is 9.59 Å². The van der Waals surface area contributed by atoms with Gasteiger partial charge in [-0.15, -0.1) is 0 Å². The molecule has 0 bridgehead atoms. The third kappa shape index (κ3) is 4.55. The molecule has 0 radical (unpaired) electrons. The van der Waals surface area contributed by atoms with Crippen LogP contribution in [0.2, 0.25) is 0 Å². The molecule has 2 aromatic carbocycles. The van der Waals surface area contributed by atoms with Gasteiger partial charge in [0.1, 0.15) is 6.29 Å². The summed E-state index contributed by atoms with van der Waals surface area (Å²) in [6, 6.07) is 15.8. The first kappa shape index (κ1) is 16.0. The van der Waals surface area contributed by atoms with E-state index < -0.39 is 0 Å². The van der Waals surface area contributed by atoms with E-state index in [4.69, 9.17) is 4.74 Å². The van der Waals surface area contributed by atoms with Crippen molar-refractivity contribution in [1.29, 1.82) is 0 Å². The highest BCUT2D eigenvalue weighted by atomic mass is 16.5. The van der Waals surface area contributed by atoms with Crippen LogP contribution in [-0.4, -0.2) is 19.4 Å². The minimum atomic E-state index is -0.308. The van der Waals surface area contributed by atoms with Crippen molar-refractivity contribution in [2.24, 2.45) is 0 Å². The van der Waals surface area contributed by atoms with Crippen molar-refractivity contribution < 1.29 is 14.3 Å². The van der Waals surface area contributed by atoms with Crippen LogP contribution in [0.4, 0.5) is 0 Å². The number of hydrogen-bond donors (Lipinski definition) is 0. The predicted molar refractivity (Wildman–Crippen MR) is 86.0 cm³/mol. The van der Waals surface area contributed by atoms with Gasteiger partial charge in [-0.1, -0.05) is 36.4 Å². The number of esters is 1. The average molecular weight is 296 g/mol. The molecule has 0 saturated carbocycles. The Morgan fingerprint density at radius 2 is 1.55 bits per heavy atom. The first-order valence-corrected chi connectivity index (χ1v) is 7.41. The number of aryl methyl sites for hydroxylation is 3. The summed E-state index contributed by atoms with van der Waals surface area (Å²) in [5.74, 6) is -0.308. The lowest BCUT2D eigenvalue weighted by molar-refractivity contribution is -0.107. The van der Waals surface area contributed by atoms with E-state index in [1.165, 1.54) is 18.2 Å². The molecule has 0 aliphatic heterocycles. The molecule has 0 unspecified atom stereocenters. The number of benzene rings is 2. The molecule has 0 spiro atoms. The molecule has 0 aliphatic rings. The topological polar surface area (TPSA) is 43.4 Å². The van der Waals surface area contributed by atoms with Crippen LogP contribution in [-0.2, 0) is 28.8 Å². The molecule has 0 saturated heterocycles. The zero-order chi connectivity index (χ0) is 15.8. The lowest BCUT2D eigenvalue weighted by Crippen LogP contribution is -2.02. The van der Waals surface area contributed by atoms with Crippen LogP contribution in [0.25, 0.3) is 0 Å². The lowest BCUT2D eigenvalue weighted by atomic mass is 10.00. The monoisotopic (exact) mass is 296 g/mol. The Labute approximate surface area is 130 Å². The Kier molecular flexibility index (Phi) is 5.90. The minimum Gasteiger partial charge on any atom is -0.465 e. The van der Waals surface area contributed by atoms with Crippen molar-refractivity contribution in [1.82, 2.24) is 0 Å². The van der Waals surface area contributed by atoms with Gasteiger partial charge in [0, 0.05) is 6.42 Å². The molecule has 3 heteroatoms. The van der Waals surface area contributed by atoms with Gasteiger partial charge in [0.25, 0.3) is 0 Å². The zero-order valence-corrected chi connectivity index (χ0v) is 12.7. The van der Waals surface area contributed by atoms with Crippen LogP contribution < -0.4 is 0 Å². The highest BCUT2D eigenvalue weighted by molar-refractivity contribution is 5.89. The molecule has 114 valence electrons. The SMILES string of the molecule is COC(=O)c1cccc(CCc2cccc(CCC=O)c2)c1. The van der Waals surface area contributed by atoms with Crippen molar-refractivity contribution in [2.75, 3.05) is 7.11 Å². The molecule has 0 fully saturated rings. The first-order chi connectivity index (χ1) is 10.7. The van der Waals surface area contributed by atoms with Gasteiger partial charge in [0.15, 0.2) is 0 Å². The second kappa shape index (κ2) is 8.13. The summed E-state index contributed by atoms with van der Waals surface area (Å²) < 4.78 is 4.74. The average Bonchev–Trinajstić information content (AvgIpc) is 2.58. The Morgan fingerprint density at radius 3 is 2.18 bits per heavy atom. The molecule has 2 aromatic rings. The molecule has 0 aromatic heterocycles. The standard InChI is InChI=1S/C19H20O3/c1-22-19(21)18-9-3-7-17(14-18)11-10-16-6-2-5-15(13-16)8-4-12-20/h2-3,5-7,9,12-14H,4,8,10-11H2,1H3. The van der Waals surface area contributed by atoms with Crippen LogP contribution in [0.3, 0.4) is 0 Å². The molecule has 0 aliphatic carbocycles. The van der Waals surface area contributed by atoms with Crippen LogP contribution in [0.1, 0.15) is 33.5 Å². The molecule has 2 rings (SSSR count). The molecule has 0 N–H and O–H groups in total. The fourth-order valence-electron chi connectivity index (χ4n) is 2.43. The van der Waals surface area contributed by atoms with Gasteiger partial charge in [-0.2, -0.15) is 0 Å². The molecule has 22 heavy (non-hydrogen) atoms. The fraction of sp³-hybridized carbons (Fsp3) is 0.263. The highest BCUT2D eigenvalue weighted by Gasteiger charge is 2.05. The van der Waals surface area contributed by atoms with E-state index in [-0.39, 0.29) is 5.97 Å². The molecule has 0 heterocycles. The van der Waals surface area contributed by atoms with Crippen molar-refractivity contribution in [3.8, 4) is 0 Å². The van der Waals surface area contributed by atoms with Crippen LogP contribution in [0.5, 0.6) is 0 Å². The summed E-state index contributed by atoms with van der Waals surface area (Å²) in [5, 5.41) is 0. The summed E-state index contributed by atoms with van der Waals surface area (Å²) in [5.41, 5.74) is 4.13. The van der Waals surface area contributed by atoms with Gasteiger partial charge in [0.2, 0.25) is 0 Å². The largest absolute Gasteiger partial charge is 0.465 e. The third-order valence-electron chi connectivity index (χ3n) is 3.59. The molecule has 0 atom stereocenters. The summed E-state index contributed by atoms with van der Waals surface area (Å²) in [6.45, 7) is 0. The van der Waals surface area contributed by atoms with E-state index in [0.29, 0.717) is 12.0 Å². The summed E-state index contributed by atoms with van der Waals surface area (Å²) in [4.78, 5) is 22.0. The number of carbonyl (C=O) groups excluding carboxylic acids is 2. The normalized spacial score (nSPS) is 10.2. The maximum atomic E-state index is 11.5. The number of hydrogen-bond acceptors (Lipinski definition) is 3. The molecular formula is C19H20O3. The van der Waals surface area contributed by atoms with Crippen molar-refractivity contribution >= 4 is 12.3 Å². The number of carbonyl (C=O) groups is 2. The van der Waals surface area contributed by atoms with Crippen molar-refractivity contribution in [2.45, 2.75) is 25.7 Å². The summed E-state index contributed by atoms with van der Waals surface area (Å²) in [7, 11) is 1.39. The fourth-order valence-corrected chi connectivity index (χ4v) is 2.43. The molecule has 3 nitrogen and oxygen atoms in total. The highest BCUT2D eigenvalue weighted by Crippen LogP contribution is 2.13. The second-order valence-corrected chi connectivity index (χ2v) is 5.22. The van der Waals surface area contributed by atoms with Crippen molar-refractivity contribution in [3.63, 3.8) is 0 Å². The van der Waals surface area contributed by atoms with Crippen LogP contribution in [0, 0.1) is 0 Å². The quantitative estimate of drug-likeness (QED) is 0.581. The zero-order valence-electron chi connectivity index (χ0n) is 12.7. The number of methoxy groups -OCH3 is 1. The molecule has 0 amide bonds. The van der Waals surface area contributed by atoms with Gasteiger partial charge in [-0.3, -0.25) is 0 Å². The number of rotatable bonds is 7. The first-order valence-electron chi connectivity index (χ1n) is 7.41. The van der Waals surface area contributed by atoms with Gasteiger partial charge >= 0.3 is 5.97 Å². The number of aldehydes is 1. The summed E-state index contributed by atoms with van der Waals surface area (Å²) >= 11 is 0. The van der Waals surface area contributed by atoms with E-state index in [0.717, 1.165) is 31.1 Å². The van der Waals surface area contributed by atoms with E-state index in [1.54, 1.807) is 6.07 Å². The van der Waals surface area contributed by atoms with Crippen LogP contribution >= 0.6 is 0 Å². The summed E-state index contributed by atoms with van der Waals surface area (Å²) in [6.07, 6.45) is 4.06. The Hall–Kier alpha value is -2.42. The van der Waals surface area contributed by atoms with Gasteiger partial charge < -0.3 is 9.53 Å².